The minimum atomic E-state index is -0.777. The topological polar surface area (TPSA) is 47.9 Å². The van der Waals surface area contributed by atoms with Crippen molar-refractivity contribution in [3.05, 3.63) is 71.8 Å². The highest BCUT2D eigenvalue weighted by Crippen LogP contribution is 2.08. The van der Waals surface area contributed by atoms with Crippen LogP contribution in [0.25, 0.3) is 0 Å². The Kier molecular flexibility index (Phi) is 6.18. The molecule has 2 aromatic carbocycles. The Hall–Kier alpha value is -2.62. The molecular formula is C18H19NO3. The lowest BCUT2D eigenvalue weighted by atomic mass is 10.0. The van der Waals surface area contributed by atoms with E-state index in [1.165, 1.54) is 0 Å². The second kappa shape index (κ2) is 8.62. The van der Waals surface area contributed by atoms with E-state index in [1.807, 2.05) is 60.7 Å². The molecule has 2 rings (SSSR count). The Labute approximate surface area is 130 Å². The standard InChI is InChI=1S/C18H19NO3/c1-2-21-18(20)22-19-17(13-15-9-5-3-6-10-15)14-16-11-7-4-8-12-16/h3-12H,2,13-14H2,1H3. The van der Waals surface area contributed by atoms with E-state index in [0.29, 0.717) is 12.8 Å². The zero-order valence-electron chi connectivity index (χ0n) is 12.6. The molecule has 0 heterocycles. The first-order valence-electron chi connectivity index (χ1n) is 7.25. The first-order chi connectivity index (χ1) is 10.8. The number of oxime groups is 1. The first-order valence-corrected chi connectivity index (χ1v) is 7.25. The molecule has 0 amide bonds. The van der Waals surface area contributed by atoms with Crippen molar-refractivity contribution in [3.8, 4) is 0 Å². The largest absolute Gasteiger partial charge is 0.535 e. The van der Waals surface area contributed by atoms with Crippen molar-refractivity contribution < 1.29 is 14.4 Å². The summed E-state index contributed by atoms with van der Waals surface area (Å²) in [5.74, 6) is 0. The van der Waals surface area contributed by atoms with Gasteiger partial charge in [0.15, 0.2) is 0 Å². The molecule has 0 saturated carbocycles. The molecule has 0 bridgehead atoms. The van der Waals surface area contributed by atoms with Crippen LogP contribution in [-0.2, 0) is 22.4 Å². The minimum absolute atomic E-state index is 0.265. The fourth-order valence-electron chi connectivity index (χ4n) is 2.04. The van der Waals surface area contributed by atoms with Crippen LogP contribution in [-0.4, -0.2) is 18.5 Å². The number of hydrogen-bond acceptors (Lipinski definition) is 4. The average molecular weight is 297 g/mol. The van der Waals surface area contributed by atoms with Gasteiger partial charge in [-0.2, -0.15) is 0 Å². The predicted molar refractivity (Wildman–Crippen MR) is 85.8 cm³/mol. The van der Waals surface area contributed by atoms with Crippen molar-refractivity contribution in [1.82, 2.24) is 0 Å². The van der Waals surface area contributed by atoms with Crippen LogP contribution >= 0.6 is 0 Å². The fourth-order valence-corrected chi connectivity index (χ4v) is 2.04. The molecule has 0 radical (unpaired) electrons. The molecule has 0 aliphatic heterocycles. The van der Waals surface area contributed by atoms with Gasteiger partial charge in [0, 0.05) is 12.8 Å². The number of carbonyl (C=O) groups is 1. The van der Waals surface area contributed by atoms with E-state index in [1.54, 1.807) is 6.92 Å². The molecule has 0 aliphatic carbocycles. The van der Waals surface area contributed by atoms with Crippen LogP contribution in [0.5, 0.6) is 0 Å². The number of ether oxygens (including phenoxy) is 1. The van der Waals surface area contributed by atoms with Crippen LogP contribution in [0.1, 0.15) is 18.1 Å². The molecule has 0 atom stereocenters. The SMILES string of the molecule is CCOC(=O)ON=C(Cc1ccccc1)Cc1ccccc1. The predicted octanol–water partition coefficient (Wildman–Crippen LogP) is 4.00. The van der Waals surface area contributed by atoms with Crippen molar-refractivity contribution in [2.24, 2.45) is 5.16 Å². The van der Waals surface area contributed by atoms with Gasteiger partial charge in [0.25, 0.3) is 0 Å². The highest BCUT2D eigenvalue weighted by atomic mass is 16.8. The number of rotatable bonds is 6. The quantitative estimate of drug-likeness (QED) is 0.350. The smallest absolute Gasteiger partial charge is 0.433 e. The third kappa shape index (κ3) is 5.40. The lowest BCUT2D eigenvalue weighted by molar-refractivity contribution is 0.0610. The van der Waals surface area contributed by atoms with Crippen molar-refractivity contribution in [2.45, 2.75) is 19.8 Å². The second-order valence-electron chi connectivity index (χ2n) is 4.76. The molecule has 0 spiro atoms. The molecule has 0 aliphatic rings. The number of nitrogens with zero attached hydrogens (tertiary/aromatic N) is 1. The maximum Gasteiger partial charge on any atom is 0.535 e. The summed E-state index contributed by atoms with van der Waals surface area (Å²) in [6, 6.07) is 19.9. The molecule has 0 saturated heterocycles. The minimum Gasteiger partial charge on any atom is -0.433 e. The van der Waals surface area contributed by atoms with Crippen LogP contribution in [0.2, 0.25) is 0 Å². The van der Waals surface area contributed by atoms with Gasteiger partial charge in [-0.15, -0.1) is 0 Å². The summed E-state index contributed by atoms with van der Waals surface area (Å²) >= 11 is 0. The summed E-state index contributed by atoms with van der Waals surface area (Å²) in [5.41, 5.74) is 3.00. The summed E-state index contributed by atoms with van der Waals surface area (Å²) in [6.07, 6.45) is 0.464. The number of hydrogen-bond donors (Lipinski definition) is 0. The van der Waals surface area contributed by atoms with Crippen LogP contribution in [0.15, 0.2) is 65.8 Å². The van der Waals surface area contributed by atoms with Gasteiger partial charge in [0.1, 0.15) is 0 Å². The third-order valence-corrected chi connectivity index (χ3v) is 3.01. The van der Waals surface area contributed by atoms with Crippen molar-refractivity contribution >= 4 is 11.9 Å². The summed E-state index contributed by atoms with van der Waals surface area (Å²) < 4.78 is 4.72. The summed E-state index contributed by atoms with van der Waals surface area (Å²) in [5, 5.41) is 3.97. The number of carbonyl (C=O) groups excluding carboxylic acids is 1. The van der Waals surface area contributed by atoms with Crippen LogP contribution in [0.3, 0.4) is 0 Å². The van der Waals surface area contributed by atoms with E-state index in [9.17, 15) is 4.79 Å². The maximum absolute atomic E-state index is 11.3. The van der Waals surface area contributed by atoms with Gasteiger partial charge in [0.05, 0.1) is 12.3 Å². The molecule has 22 heavy (non-hydrogen) atoms. The Morgan fingerprint density at radius 1 is 0.909 bits per heavy atom. The fraction of sp³-hybridized carbons (Fsp3) is 0.222. The third-order valence-electron chi connectivity index (χ3n) is 3.01. The Bertz CT molecular complexity index is 565. The van der Waals surface area contributed by atoms with Gasteiger partial charge in [-0.25, -0.2) is 4.79 Å². The van der Waals surface area contributed by atoms with Gasteiger partial charge >= 0.3 is 6.16 Å². The highest BCUT2D eigenvalue weighted by molar-refractivity contribution is 5.88. The summed E-state index contributed by atoms with van der Waals surface area (Å²) in [6.45, 7) is 1.99. The average Bonchev–Trinajstić information content (AvgIpc) is 2.55. The summed E-state index contributed by atoms with van der Waals surface area (Å²) in [4.78, 5) is 16.1. The first kappa shape index (κ1) is 15.8. The van der Waals surface area contributed by atoms with Gasteiger partial charge in [-0.05, 0) is 18.1 Å². The van der Waals surface area contributed by atoms with Crippen LogP contribution in [0, 0.1) is 0 Å². The van der Waals surface area contributed by atoms with E-state index < -0.39 is 6.16 Å². The highest BCUT2D eigenvalue weighted by Gasteiger charge is 2.07. The van der Waals surface area contributed by atoms with E-state index in [-0.39, 0.29) is 6.61 Å². The molecule has 2 aromatic rings. The Morgan fingerprint density at radius 2 is 1.41 bits per heavy atom. The number of benzene rings is 2. The van der Waals surface area contributed by atoms with Gasteiger partial charge in [-0.3, -0.25) is 4.84 Å². The van der Waals surface area contributed by atoms with E-state index in [2.05, 4.69) is 5.16 Å². The lowest BCUT2D eigenvalue weighted by Gasteiger charge is -2.07. The molecule has 4 nitrogen and oxygen atoms in total. The zero-order valence-corrected chi connectivity index (χ0v) is 12.6. The molecular weight excluding hydrogens is 278 g/mol. The monoisotopic (exact) mass is 297 g/mol. The molecule has 0 aromatic heterocycles. The van der Waals surface area contributed by atoms with Crippen LogP contribution in [0.4, 0.5) is 4.79 Å². The zero-order chi connectivity index (χ0) is 15.6. The second-order valence-corrected chi connectivity index (χ2v) is 4.76. The van der Waals surface area contributed by atoms with Crippen LogP contribution < -0.4 is 0 Å². The van der Waals surface area contributed by atoms with Gasteiger partial charge in [0.2, 0.25) is 0 Å². The Balaban J connectivity index is 2.09. The lowest BCUT2D eigenvalue weighted by Crippen LogP contribution is -2.11. The van der Waals surface area contributed by atoms with Gasteiger partial charge < -0.3 is 4.74 Å². The normalized spacial score (nSPS) is 9.86. The molecule has 0 unspecified atom stereocenters. The summed E-state index contributed by atoms with van der Waals surface area (Å²) in [7, 11) is 0. The van der Waals surface area contributed by atoms with Crippen molar-refractivity contribution in [1.29, 1.82) is 0 Å². The van der Waals surface area contributed by atoms with E-state index in [4.69, 9.17) is 9.57 Å². The maximum atomic E-state index is 11.3. The van der Waals surface area contributed by atoms with E-state index in [0.717, 1.165) is 16.8 Å². The molecule has 4 heteroatoms. The van der Waals surface area contributed by atoms with Crippen molar-refractivity contribution in [3.63, 3.8) is 0 Å². The van der Waals surface area contributed by atoms with Crippen molar-refractivity contribution in [2.75, 3.05) is 6.61 Å². The molecule has 0 N–H and O–H groups in total. The van der Waals surface area contributed by atoms with Gasteiger partial charge in [-0.1, -0.05) is 65.8 Å². The molecule has 114 valence electrons. The Morgan fingerprint density at radius 3 is 1.86 bits per heavy atom. The van der Waals surface area contributed by atoms with E-state index >= 15 is 0 Å². The molecule has 0 fully saturated rings.